The van der Waals surface area contributed by atoms with Gasteiger partial charge in [0.15, 0.2) is 0 Å². The van der Waals surface area contributed by atoms with Crippen molar-refractivity contribution in [2.75, 3.05) is 0 Å². The number of benzene rings is 2. The molecule has 0 spiro atoms. The van der Waals surface area contributed by atoms with Crippen LogP contribution in [0.15, 0.2) is 54.6 Å². The summed E-state index contributed by atoms with van der Waals surface area (Å²) in [6.07, 6.45) is 2.13. The summed E-state index contributed by atoms with van der Waals surface area (Å²) in [5.41, 5.74) is 8.67. The molecule has 1 aliphatic rings. The van der Waals surface area contributed by atoms with Gasteiger partial charge >= 0.3 is 0 Å². The predicted molar refractivity (Wildman–Crippen MR) is 114 cm³/mol. The van der Waals surface area contributed by atoms with Crippen molar-refractivity contribution in [3.05, 3.63) is 82.4 Å². The normalized spacial score (nSPS) is 14.8. The molecule has 3 aromatic rings. The minimum Gasteiger partial charge on any atom is -0.282 e. The van der Waals surface area contributed by atoms with Crippen LogP contribution < -0.4 is 10.9 Å². The number of nitrogens with one attached hydrogen (secondary N) is 2. The number of carbonyl (C=O) groups is 2. The van der Waals surface area contributed by atoms with Crippen LogP contribution in [-0.2, 0) is 9.59 Å². The number of carbonyl (C=O) groups excluding carboxylic acids is 2. The van der Waals surface area contributed by atoms with E-state index in [2.05, 4.69) is 21.0 Å². The highest BCUT2D eigenvalue weighted by molar-refractivity contribution is 6.30. The lowest BCUT2D eigenvalue weighted by Gasteiger charge is -2.13. The highest BCUT2D eigenvalue weighted by Crippen LogP contribution is 2.38. The monoisotopic (exact) mass is 421 g/mol. The number of aromatic nitrogens is 3. The number of amides is 2. The van der Waals surface area contributed by atoms with E-state index < -0.39 is 0 Å². The Labute approximate surface area is 178 Å². The Balaban J connectivity index is 1.84. The molecule has 2 N–H and O–H groups in total. The molecule has 30 heavy (non-hydrogen) atoms. The van der Waals surface area contributed by atoms with Crippen LogP contribution in [0.25, 0.3) is 11.3 Å². The van der Waals surface area contributed by atoms with Gasteiger partial charge in [-0.05, 0) is 36.3 Å². The van der Waals surface area contributed by atoms with Crippen molar-refractivity contribution < 1.29 is 9.59 Å². The summed E-state index contributed by atoms with van der Waals surface area (Å²) in [7, 11) is 0. The van der Waals surface area contributed by atoms with Crippen molar-refractivity contribution in [3.8, 4) is 5.69 Å². The Morgan fingerprint density at radius 1 is 1.07 bits per heavy atom. The summed E-state index contributed by atoms with van der Waals surface area (Å²) in [6.45, 7) is 3.22. The van der Waals surface area contributed by atoms with E-state index in [0.29, 0.717) is 10.8 Å². The van der Waals surface area contributed by atoms with E-state index in [1.807, 2.05) is 66.1 Å². The molecule has 8 heteroatoms. The van der Waals surface area contributed by atoms with Gasteiger partial charge in [0.25, 0.3) is 0 Å². The maximum absolute atomic E-state index is 12.5. The third kappa shape index (κ3) is 3.84. The first-order chi connectivity index (χ1) is 14.4. The number of para-hydroxylation sites is 1. The van der Waals surface area contributed by atoms with Crippen LogP contribution >= 0.6 is 11.6 Å². The van der Waals surface area contributed by atoms with Crippen LogP contribution in [0.4, 0.5) is 0 Å². The molecule has 0 radical (unpaired) electrons. The average Bonchev–Trinajstić information content (AvgIpc) is 3.05. The molecule has 2 heterocycles. The first kappa shape index (κ1) is 19.8. The zero-order valence-electron chi connectivity index (χ0n) is 16.5. The number of allylic oxidation sites excluding steroid dienone is 1. The molecule has 7 nitrogen and oxygen atoms in total. The number of nitrogens with zero attached hydrogens (tertiary/aromatic N) is 3. The molecule has 152 valence electrons. The summed E-state index contributed by atoms with van der Waals surface area (Å²) in [6, 6.07) is 15.6. The van der Waals surface area contributed by atoms with Gasteiger partial charge in [-0.2, -0.15) is 0 Å². The molecular formula is C22H20ClN5O2. The maximum Gasteiger partial charge on any atom is 0.239 e. The summed E-state index contributed by atoms with van der Waals surface area (Å²) in [4.78, 5) is 23.6. The largest absolute Gasteiger partial charge is 0.282 e. The van der Waals surface area contributed by atoms with Gasteiger partial charge < -0.3 is 0 Å². The predicted octanol–water partition coefficient (Wildman–Crippen LogP) is 3.32. The third-order valence-corrected chi connectivity index (χ3v) is 5.17. The minimum absolute atomic E-state index is 0.101. The molecule has 1 aromatic heterocycles. The number of rotatable bonds is 3. The molecule has 2 amide bonds. The lowest BCUT2D eigenvalue weighted by atomic mass is 9.92. The molecule has 0 fully saturated rings. The van der Waals surface area contributed by atoms with Crippen molar-refractivity contribution >= 4 is 29.0 Å². The van der Waals surface area contributed by atoms with Crippen LogP contribution in [0.2, 0.25) is 5.02 Å². The minimum atomic E-state index is -0.349. The molecule has 0 saturated heterocycles. The molecule has 1 aliphatic heterocycles. The number of hydrazine groups is 1. The van der Waals surface area contributed by atoms with Gasteiger partial charge in [0.05, 0.1) is 5.69 Å². The number of hydrogen-bond acceptors (Lipinski definition) is 4. The zero-order chi connectivity index (χ0) is 21.3. The molecule has 0 saturated carbocycles. The van der Waals surface area contributed by atoms with Gasteiger partial charge in [-0.1, -0.05) is 48.0 Å². The highest BCUT2D eigenvalue weighted by atomic mass is 35.5. The highest BCUT2D eigenvalue weighted by Gasteiger charge is 2.28. The van der Waals surface area contributed by atoms with Crippen molar-refractivity contribution in [3.63, 3.8) is 0 Å². The number of halogens is 1. The van der Waals surface area contributed by atoms with E-state index in [4.69, 9.17) is 11.6 Å². The van der Waals surface area contributed by atoms with E-state index >= 15 is 0 Å². The van der Waals surface area contributed by atoms with E-state index in [1.165, 1.54) is 6.92 Å². The van der Waals surface area contributed by atoms with Crippen LogP contribution in [0.1, 0.15) is 42.0 Å². The van der Waals surface area contributed by atoms with Crippen molar-refractivity contribution in [2.24, 2.45) is 0 Å². The van der Waals surface area contributed by atoms with Crippen molar-refractivity contribution in [1.29, 1.82) is 0 Å². The third-order valence-electron chi connectivity index (χ3n) is 4.92. The second-order valence-corrected chi connectivity index (χ2v) is 7.52. The Bertz CT molecular complexity index is 1150. The van der Waals surface area contributed by atoms with Gasteiger partial charge in [0.2, 0.25) is 11.8 Å². The topological polar surface area (TPSA) is 88.9 Å². The van der Waals surface area contributed by atoms with Gasteiger partial charge in [0.1, 0.15) is 11.6 Å². The van der Waals surface area contributed by atoms with Crippen LogP contribution in [0, 0.1) is 6.92 Å². The molecule has 4 rings (SSSR count). The van der Waals surface area contributed by atoms with Gasteiger partial charge in [-0.25, -0.2) is 0 Å². The Kier molecular flexibility index (Phi) is 5.37. The number of hydrogen-bond donors (Lipinski definition) is 2. The SMILES string of the molecule is CC(=O)NNC(=O)CC1C=C(c2ccc(Cl)cc2)c2ccccc2-n2c(C)nnc21. The fourth-order valence-electron chi connectivity index (χ4n) is 3.62. The van der Waals surface area contributed by atoms with E-state index in [-0.39, 0.29) is 24.2 Å². The standard InChI is InChI=1S/C22H20ClN5O2/c1-13-24-27-22-16(12-21(30)26-25-14(2)29)11-19(15-7-9-17(23)10-8-15)18-5-3-4-6-20(18)28(13)22/h3-11,16H,12H2,1-2H3,(H,25,29)(H,26,30). The van der Waals surface area contributed by atoms with Crippen LogP contribution in [-0.4, -0.2) is 26.6 Å². The Morgan fingerprint density at radius 3 is 2.53 bits per heavy atom. The molecule has 0 aliphatic carbocycles. The number of aryl methyl sites for hydroxylation is 1. The summed E-state index contributed by atoms with van der Waals surface area (Å²) >= 11 is 6.09. The first-order valence-electron chi connectivity index (χ1n) is 9.49. The summed E-state index contributed by atoms with van der Waals surface area (Å²) in [5.74, 6) is 0.392. The first-order valence-corrected chi connectivity index (χ1v) is 9.86. The second-order valence-electron chi connectivity index (χ2n) is 7.09. The molecule has 1 unspecified atom stereocenters. The maximum atomic E-state index is 12.5. The lowest BCUT2D eigenvalue weighted by molar-refractivity contribution is -0.128. The second kappa shape index (κ2) is 8.12. The van der Waals surface area contributed by atoms with Crippen LogP contribution in [0.5, 0.6) is 0 Å². The van der Waals surface area contributed by atoms with Gasteiger partial charge in [0, 0.05) is 29.8 Å². The van der Waals surface area contributed by atoms with Crippen molar-refractivity contribution in [1.82, 2.24) is 25.6 Å². The summed E-state index contributed by atoms with van der Waals surface area (Å²) in [5, 5.41) is 9.26. The molecule has 2 aromatic carbocycles. The Hall–Kier alpha value is -3.45. The van der Waals surface area contributed by atoms with E-state index in [0.717, 1.165) is 28.2 Å². The molecule has 1 atom stereocenters. The zero-order valence-corrected chi connectivity index (χ0v) is 17.3. The average molecular weight is 422 g/mol. The summed E-state index contributed by atoms with van der Waals surface area (Å²) < 4.78 is 1.98. The Morgan fingerprint density at radius 2 is 1.80 bits per heavy atom. The van der Waals surface area contributed by atoms with E-state index in [1.54, 1.807) is 0 Å². The van der Waals surface area contributed by atoms with Gasteiger partial charge in [-0.3, -0.25) is 25.0 Å². The fourth-order valence-corrected chi connectivity index (χ4v) is 3.74. The quantitative estimate of drug-likeness (QED) is 0.635. The smallest absolute Gasteiger partial charge is 0.239 e. The van der Waals surface area contributed by atoms with E-state index in [9.17, 15) is 9.59 Å². The van der Waals surface area contributed by atoms with Crippen molar-refractivity contribution in [2.45, 2.75) is 26.2 Å². The number of fused-ring (bicyclic) bond motifs is 3. The lowest BCUT2D eigenvalue weighted by Crippen LogP contribution is -2.40. The van der Waals surface area contributed by atoms with Gasteiger partial charge in [-0.15, -0.1) is 10.2 Å². The fraction of sp³-hybridized carbons (Fsp3) is 0.182. The molecule has 0 bridgehead atoms. The van der Waals surface area contributed by atoms with Crippen LogP contribution in [0.3, 0.4) is 0 Å². The molecular weight excluding hydrogens is 402 g/mol.